The van der Waals surface area contributed by atoms with Gasteiger partial charge in [-0.2, -0.15) is 0 Å². The molecule has 0 amide bonds. The molecule has 17 heavy (non-hydrogen) atoms. The zero-order valence-corrected chi connectivity index (χ0v) is 10.7. The van der Waals surface area contributed by atoms with Crippen molar-refractivity contribution in [3.63, 3.8) is 0 Å². The second-order valence-corrected chi connectivity index (χ2v) is 5.11. The smallest absolute Gasteiger partial charge is 0.308 e. The summed E-state index contributed by atoms with van der Waals surface area (Å²) < 4.78 is 0. The summed E-state index contributed by atoms with van der Waals surface area (Å²) in [5.74, 6) is -0.897. The summed E-state index contributed by atoms with van der Waals surface area (Å²) in [7, 11) is 0. The number of aryl methyl sites for hydroxylation is 1. The fourth-order valence-corrected chi connectivity index (χ4v) is 2.74. The molecule has 0 saturated carbocycles. The highest BCUT2D eigenvalue weighted by atomic mass is 35.5. The van der Waals surface area contributed by atoms with Crippen LogP contribution in [0.2, 0.25) is 5.15 Å². The second-order valence-electron chi connectivity index (χ2n) is 3.67. The normalized spacial score (nSPS) is 10.5. The van der Waals surface area contributed by atoms with Crippen LogP contribution < -0.4 is 0 Å². The summed E-state index contributed by atoms with van der Waals surface area (Å²) in [6, 6.07) is 7.88. The van der Waals surface area contributed by atoms with Gasteiger partial charge in [-0.1, -0.05) is 35.4 Å². The third kappa shape index (κ3) is 2.84. The van der Waals surface area contributed by atoms with E-state index in [4.69, 9.17) is 16.7 Å². The Labute approximate surface area is 108 Å². The van der Waals surface area contributed by atoms with Gasteiger partial charge in [0.25, 0.3) is 0 Å². The fourth-order valence-electron chi connectivity index (χ4n) is 1.48. The summed E-state index contributed by atoms with van der Waals surface area (Å²) in [5, 5.41) is 9.78. The minimum absolute atomic E-state index is 0.0810. The largest absolute Gasteiger partial charge is 0.481 e. The van der Waals surface area contributed by atoms with Crippen LogP contribution in [0.5, 0.6) is 0 Å². The molecule has 2 aromatic rings. The van der Waals surface area contributed by atoms with Crippen LogP contribution in [-0.4, -0.2) is 16.1 Å². The summed E-state index contributed by atoms with van der Waals surface area (Å²) in [4.78, 5) is 15.4. The summed E-state index contributed by atoms with van der Waals surface area (Å²) >= 11 is 7.24. The molecule has 5 heteroatoms. The van der Waals surface area contributed by atoms with Gasteiger partial charge < -0.3 is 5.11 Å². The summed E-state index contributed by atoms with van der Waals surface area (Å²) in [5.41, 5.74) is 2.10. The van der Waals surface area contributed by atoms with Gasteiger partial charge in [0.05, 0.1) is 11.3 Å². The number of hydrogen-bond donors (Lipinski definition) is 1. The Hall–Kier alpha value is -1.39. The minimum Gasteiger partial charge on any atom is -0.481 e. The molecule has 0 spiro atoms. The Morgan fingerprint density at radius 3 is 2.94 bits per heavy atom. The minimum atomic E-state index is -0.897. The number of rotatable bonds is 3. The van der Waals surface area contributed by atoms with Crippen LogP contribution in [0.4, 0.5) is 0 Å². The maximum Gasteiger partial charge on any atom is 0.308 e. The number of aromatic nitrogens is 1. The number of carboxylic acid groups (broad SMARTS) is 1. The van der Waals surface area contributed by atoms with Gasteiger partial charge in [0.2, 0.25) is 0 Å². The van der Waals surface area contributed by atoms with Crippen LogP contribution in [0, 0.1) is 6.92 Å². The third-order valence-corrected chi connectivity index (χ3v) is 3.76. The monoisotopic (exact) mass is 267 g/mol. The zero-order valence-electron chi connectivity index (χ0n) is 9.11. The maximum atomic E-state index is 10.6. The van der Waals surface area contributed by atoms with Crippen molar-refractivity contribution in [2.24, 2.45) is 0 Å². The molecule has 3 nitrogen and oxygen atoms in total. The van der Waals surface area contributed by atoms with E-state index in [1.54, 1.807) is 0 Å². The number of carbonyl (C=O) groups is 1. The molecular formula is C12H10ClNO2S. The van der Waals surface area contributed by atoms with Crippen LogP contribution in [0.3, 0.4) is 0 Å². The van der Waals surface area contributed by atoms with Crippen molar-refractivity contribution < 1.29 is 9.90 Å². The number of hydrogen-bond acceptors (Lipinski definition) is 3. The van der Waals surface area contributed by atoms with E-state index in [1.807, 2.05) is 31.2 Å². The SMILES string of the molecule is Cc1cccc(-c2nc(Cl)c(CC(=O)O)s2)c1. The Morgan fingerprint density at radius 2 is 2.29 bits per heavy atom. The van der Waals surface area contributed by atoms with Crippen LogP contribution in [0.1, 0.15) is 10.4 Å². The highest BCUT2D eigenvalue weighted by molar-refractivity contribution is 7.15. The Bertz CT molecular complexity index is 565. The van der Waals surface area contributed by atoms with E-state index in [1.165, 1.54) is 11.3 Å². The maximum absolute atomic E-state index is 10.6. The third-order valence-electron chi connectivity index (χ3n) is 2.23. The van der Waals surface area contributed by atoms with Gasteiger partial charge in [0.1, 0.15) is 10.2 Å². The number of nitrogens with zero attached hydrogens (tertiary/aromatic N) is 1. The molecule has 88 valence electrons. The van der Waals surface area contributed by atoms with Gasteiger partial charge in [-0.3, -0.25) is 4.79 Å². The number of halogens is 1. The highest BCUT2D eigenvalue weighted by Crippen LogP contribution is 2.31. The van der Waals surface area contributed by atoms with Crippen LogP contribution in [-0.2, 0) is 11.2 Å². The predicted octanol–water partition coefficient (Wildman–Crippen LogP) is 3.40. The van der Waals surface area contributed by atoms with Crippen LogP contribution >= 0.6 is 22.9 Å². The summed E-state index contributed by atoms with van der Waals surface area (Å²) in [6.07, 6.45) is -0.0810. The Balaban J connectivity index is 2.37. The van der Waals surface area contributed by atoms with E-state index < -0.39 is 5.97 Å². The molecule has 0 aliphatic carbocycles. The van der Waals surface area contributed by atoms with E-state index in [-0.39, 0.29) is 11.6 Å². The van der Waals surface area contributed by atoms with E-state index in [9.17, 15) is 4.79 Å². The van der Waals surface area contributed by atoms with E-state index in [0.29, 0.717) is 4.88 Å². The van der Waals surface area contributed by atoms with Gasteiger partial charge in [-0.15, -0.1) is 11.3 Å². The van der Waals surface area contributed by atoms with Crippen LogP contribution in [0.25, 0.3) is 10.6 Å². The van der Waals surface area contributed by atoms with Gasteiger partial charge >= 0.3 is 5.97 Å². The molecule has 0 saturated heterocycles. The lowest BCUT2D eigenvalue weighted by molar-refractivity contribution is -0.136. The highest BCUT2D eigenvalue weighted by Gasteiger charge is 2.13. The molecule has 0 aliphatic heterocycles. The standard InChI is InChI=1S/C12H10ClNO2S/c1-7-3-2-4-8(5-7)12-14-11(13)9(17-12)6-10(15)16/h2-5H,6H2,1H3,(H,15,16). The van der Waals surface area contributed by atoms with Gasteiger partial charge in [-0.05, 0) is 13.0 Å². The first kappa shape index (κ1) is 12.1. The molecule has 0 aliphatic rings. The van der Waals surface area contributed by atoms with Gasteiger partial charge in [0, 0.05) is 5.56 Å². The molecule has 1 heterocycles. The van der Waals surface area contributed by atoms with Crippen LogP contribution in [0.15, 0.2) is 24.3 Å². The first-order valence-corrected chi connectivity index (χ1v) is 6.20. The number of aliphatic carboxylic acids is 1. The molecule has 1 aromatic heterocycles. The Morgan fingerprint density at radius 1 is 1.53 bits per heavy atom. The van der Waals surface area contributed by atoms with Crippen molar-refractivity contribution >= 4 is 28.9 Å². The molecular weight excluding hydrogens is 258 g/mol. The lowest BCUT2D eigenvalue weighted by Crippen LogP contribution is -1.97. The fraction of sp³-hybridized carbons (Fsp3) is 0.167. The van der Waals surface area contributed by atoms with E-state index in [0.717, 1.165) is 16.1 Å². The molecule has 0 unspecified atom stereocenters. The first-order chi connectivity index (χ1) is 8.06. The number of carboxylic acids is 1. The van der Waals surface area contributed by atoms with E-state index in [2.05, 4.69) is 4.98 Å². The topological polar surface area (TPSA) is 50.2 Å². The van der Waals surface area contributed by atoms with Gasteiger partial charge in [-0.25, -0.2) is 4.98 Å². The van der Waals surface area contributed by atoms with Crippen molar-refractivity contribution in [1.82, 2.24) is 4.98 Å². The molecule has 1 N–H and O–H groups in total. The van der Waals surface area contributed by atoms with Crippen molar-refractivity contribution in [2.75, 3.05) is 0 Å². The molecule has 1 aromatic carbocycles. The van der Waals surface area contributed by atoms with Crippen molar-refractivity contribution in [2.45, 2.75) is 13.3 Å². The quantitative estimate of drug-likeness (QED) is 0.927. The van der Waals surface area contributed by atoms with Crippen molar-refractivity contribution in [1.29, 1.82) is 0 Å². The average molecular weight is 268 g/mol. The molecule has 0 atom stereocenters. The number of benzene rings is 1. The molecule has 2 rings (SSSR count). The van der Waals surface area contributed by atoms with Crippen molar-refractivity contribution in [3.05, 3.63) is 39.9 Å². The molecule has 0 radical (unpaired) electrons. The second kappa shape index (κ2) is 4.85. The molecule has 0 bridgehead atoms. The predicted molar refractivity (Wildman–Crippen MR) is 68.6 cm³/mol. The zero-order chi connectivity index (χ0) is 12.4. The van der Waals surface area contributed by atoms with Crippen molar-refractivity contribution in [3.8, 4) is 10.6 Å². The average Bonchev–Trinajstić information content (AvgIpc) is 2.59. The van der Waals surface area contributed by atoms with Gasteiger partial charge in [0.15, 0.2) is 0 Å². The summed E-state index contributed by atoms with van der Waals surface area (Å²) in [6.45, 7) is 2.00. The number of thiazole rings is 1. The lowest BCUT2D eigenvalue weighted by Gasteiger charge is -1.96. The Kier molecular flexibility index (Phi) is 3.45. The van der Waals surface area contributed by atoms with E-state index >= 15 is 0 Å². The molecule has 0 fully saturated rings. The first-order valence-electron chi connectivity index (χ1n) is 5.00. The lowest BCUT2D eigenvalue weighted by atomic mass is 10.1.